The number of carbonyl (C=O) groups is 1. The molecule has 0 saturated carbocycles. The minimum absolute atomic E-state index is 0.336. The number of aromatic hydroxyl groups is 1. The molecule has 206 valence electrons. The zero-order chi connectivity index (χ0) is 27.5. The number of nitrogens with one attached hydrogen (secondary N) is 1. The van der Waals surface area contributed by atoms with Gasteiger partial charge in [-0.25, -0.2) is 13.2 Å². The molecule has 2 N–H and O–H groups in total. The van der Waals surface area contributed by atoms with E-state index in [1.807, 2.05) is 13.1 Å². The largest absolute Gasteiger partial charge is 0.508 e. The molecule has 5 rings (SSSR count). The van der Waals surface area contributed by atoms with Crippen molar-refractivity contribution in [1.82, 2.24) is 9.80 Å². The van der Waals surface area contributed by atoms with Crippen LogP contribution in [0.4, 0.5) is 24.5 Å². The van der Waals surface area contributed by atoms with Crippen molar-refractivity contribution in [2.24, 2.45) is 0 Å². The minimum Gasteiger partial charge on any atom is -0.508 e. The summed E-state index contributed by atoms with van der Waals surface area (Å²) in [6.45, 7) is 6.57. The molecule has 2 aliphatic heterocycles. The van der Waals surface area contributed by atoms with Crippen molar-refractivity contribution < 1.29 is 27.8 Å². The number of phenols is 1. The number of amides is 1. The predicted molar refractivity (Wildman–Crippen MR) is 144 cm³/mol. The van der Waals surface area contributed by atoms with Crippen LogP contribution in [0.25, 0.3) is 11.1 Å². The number of phenolic OH excluding ortho intramolecular Hbond substituents is 1. The van der Waals surface area contributed by atoms with Gasteiger partial charge in [0.05, 0.1) is 30.2 Å². The molecule has 3 aromatic rings. The highest BCUT2D eigenvalue weighted by molar-refractivity contribution is 6.06. The molecule has 3 aromatic carbocycles. The molecular formula is C29H31F3N4O3. The molecule has 0 radical (unpaired) electrons. The number of benzene rings is 3. The van der Waals surface area contributed by atoms with Gasteiger partial charge in [0.15, 0.2) is 11.6 Å². The third-order valence-electron chi connectivity index (χ3n) is 7.20. The highest BCUT2D eigenvalue weighted by Crippen LogP contribution is 2.34. The third kappa shape index (κ3) is 6.19. The van der Waals surface area contributed by atoms with Crippen molar-refractivity contribution in [3.8, 4) is 16.9 Å². The highest BCUT2D eigenvalue weighted by Gasteiger charge is 2.23. The van der Waals surface area contributed by atoms with E-state index in [-0.39, 0.29) is 0 Å². The first-order valence-electron chi connectivity index (χ1n) is 12.9. The summed E-state index contributed by atoms with van der Waals surface area (Å²) in [7, 11) is 2.02. The number of hydrogen-bond acceptors (Lipinski definition) is 6. The van der Waals surface area contributed by atoms with E-state index in [2.05, 4.69) is 20.0 Å². The standard InChI is InChI=1S/C29H31F3N4O3/c1-34-6-8-36(9-7-34)27-5-3-20(15-26(27)33-29(38)23-16-21(37)17-25(31)28(23)32)22-14-19(2-4-24(22)30)18-35-10-12-39-13-11-35/h2-5,14-17,37H,6-13,18H2,1H3,(H,33,38). The van der Waals surface area contributed by atoms with Crippen LogP contribution < -0.4 is 10.2 Å². The van der Waals surface area contributed by atoms with E-state index in [4.69, 9.17) is 4.74 Å². The summed E-state index contributed by atoms with van der Waals surface area (Å²) in [5.41, 5.74) is 2.25. The van der Waals surface area contributed by atoms with Gasteiger partial charge in [-0.15, -0.1) is 0 Å². The zero-order valence-corrected chi connectivity index (χ0v) is 21.7. The van der Waals surface area contributed by atoms with E-state index >= 15 is 4.39 Å². The maximum atomic E-state index is 15.1. The minimum atomic E-state index is -1.36. The first kappa shape index (κ1) is 27.0. The monoisotopic (exact) mass is 540 g/mol. The molecule has 10 heteroatoms. The molecule has 7 nitrogen and oxygen atoms in total. The molecule has 39 heavy (non-hydrogen) atoms. The van der Waals surface area contributed by atoms with Gasteiger partial charge >= 0.3 is 0 Å². The highest BCUT2D eigenvalue weighted by atomic mass is 19.2. The molecule has 1 amide bonds. The van der Waals surface area contributed by atoms with Gasteiger partial charge in [-0.3, -0.25) is 9.69 Å². The number of likely N-dealkylation sites (N-methyl/N-ethyl adjacent to an activating group) is 1. The van der Waals surface area contributed by atoms with E-state index in [9.17, 15) is 18.7 Å². The lowest BCUT2D eigenvalue weighted by molar-refractivity contribution is 0.0342. The second-order valence-electron chi connectivity index (χ2n) is 9.97. The van der Waals surface area contributed by atoms with Crippen LogP contribution in [0.2, 0.25) is 0 Å². The van der Waals surface area contributed by atoms with Crippen LogP contribution in [0.1, 0.15) is 15.9 Å². The Morgan fingerprint density at radius 3 is 2.41 bits per heavy atom. The molecule has 0 atom stereocenters. The van der Waals surface area contributed by atoms with Crippen LogP contribution >= 0.6 is 0 Å². The van der Waals surface area contributed by atoms with Crippen molar-refractivity contribution in [1.29, 1.82) is 0 Å². The lowest BCUT2D eigenvalue weighted by Gasteiger charge is -2.35. The van der Waals surface area contributed by atoms with Gasteiger partial charge in [0.25, 0.3) is 5.91 Å². The van der Waals surface area contributed by atoms with Crippen LogP contribution in [0, 0.1) is 17.5 Å². The van der Waals surface area contributed by atoms with Crippen molar-refractivity contribution in [2.45, 2.75) is 6.54 Å². The summed E-state index contributed by atoms with van der Waals surface area (Å²) in [6, 6.07) is 11.7. The fourth-order valence-corrected chi connectivity index (χ4v) is 4.97. The summed E-state index contributed by atoms with van der Waals surface area (Å²) in [5.74, 6) is -4.58. The second kappa shape index (κ2) is 11.6. The molecule has 2 aliphatic rings. The summed E-state index contributed by atoms with van der Waals surface area (Å²) in [4.78, 5) is 19.6. The summed E-state index contributed by atoms with van der Waals surface area (Å²) in [6.07, 6.45) is 0. The van der Waals surface area contributed by atoms with Crippen molar-refractivity contribution in [3.63, 3.8) is 0 Å². The lowest BCUT2D eigenvalue weighted by Crippen LogP contribution is -2.44. The van der Waals surface area contributed by atoms with Crippen LogP contribution in [0.15, 0.2) is 48.5 Å². The fraction of sp³-hybridized carbons (Fsp3) is 0.345. The third-order valence-corrected chi connectivity index (χ3v) is 7.20. The molecule has 0 aromatic heterocycles. The Balaban J connectivity index is 1.49. The maximum absolute atomic E-state index is 15.1. The Morgan fingerprint density at radius 2 is 1.67 bits per heavy atom. The number of ether oxygens (including phenoxy) is 1. The number of rotatable bonds is 6. The van der Waals surface area contributed by atoms with Crippen LogP contribution in [-0.2, 0) is 11.3 Å². The van der Waals surface area contributed by atoms with Gasteiger partial charge in [-0.05, 0) is 48.5 Å². The number of hydrogen-bond donors (Lipinski definition) is 2. The Labute approximate surface area is 225 Å². The van der Waals surface area contributed by atoms with E-state index in [0.717, 1.165) is 37.8 Å². The summed E-state index contributed by atoms with van der Waals surface area (Å²) in [5, 5.41) is 12.4. The van der Waals surface area contributed by atoms with E-state index in [0.29, 0.717) is 61.4 Å². The quantitative estimate of drug-likeness (QED) is 0.486. The molecule has 0 aliphatic carbocycles. The average molecular weight is 541 g/mol. The molecule has 2 saturated heterocycles. The van der Waals surface area contributed by atoms with Crippen molar-refractivity contribution in [3.05, 3.63) is 77.1 Å². The smallest absolute Gasteiger partial charge is 0.258 e. The molecule has 0 bridgehead atoms. The number of morpholine rings is 1. The van der Waals surface area contributed by atoms with E-state index in [1.54, 1.807) is 24.3 Å². The summed E-state index contributed by atoms with van der Waals surface area (Å²) >= 11 is 0. The van der Waals surface area contributed by atoms with Gasteiger partial charge in [0.2, 0.25) is 0 Å². The fourth-order valence-electron chi connectivity index (χ4n) is 4.97. The average Bonchev–Trinajstić information content (AvgIpc) is 2.93. The van der Waals surface area contributed by atoms with Gasteiger partial charge in [0.1, 0.15) is 11.6 Å². The number of piperazine rings is 1. The number of nitrogens with zero attached hydrogens (tertiary/aromatic N) is 3. The Morgan fingerprint density at radius 1 is 0.923 bits per heavy atom. The molecule has 2 heterocycles. The predicted octanol–water partition coefficient (Wildman–Crippen LogP) is 4.31. The van der Waals surface area contributed by atoms with E-state index < -0.39 is 34.7 Å². The topological polar surface area (TPSA) is 68.3 Å². The van der Waals surface area contributed by atoms with Gasteiger partial charge in [-0.2, -0.15) is 0 Å². The SMILES string of the molecule is CN1CCN(c2ccc(-c3cc(CN4CCOCC4)ccc3F)cc2NC(=O)c2cc(O)cc(F)c2F)CC1. The first-order chi connectivity index (χ1) is 18.8. The Hall–Kier alpha value is -3.60. The lowest BCUT2D eigenvalue weighted by atomic mass is 10.00. The molecule has 2 fully saturated rings. The Bertz CT molecular complexity index is 1360. The van der Waals surface area contributed by atoms with E-state index in [1.165, 1.54) is 6.07 Å². The second-order valence-corrected chi connectivity index (χ2v) is 9.97. The maximum Gasteiger partial charge on any atom is 0.258 e. The zero-order valence-electron chi connectivity index (χ0n) is 21.7. The van der Waals surface area contributed by atoms with Crippen LogP contribution in [0.3, 0.4) is 0 Å². The van der Waals surface area contributed by atoms with Crippen molar-refractivity contribution in [2.75, 3.05) is 69.7 Å². The van der Waals surface area contributed by atoms with Crippen LogP contribution in [-0.4, -0.2) is 80.3 Å². The van der Waals surface area contributed by atoms with Crippen LogP contribution in [0.5, 0.6) is 5.75 Å². The van der Waals surface area contributed by atoms with Gasteiger partial charge < -0.3 is 25.0 Å². The molecule has 0 unspecified atom stereocenters. The number of anilines is 2. The Kier molecular flexibility index (Phi) is 8.06. The normalized spacial score (nSPS) is 16.9. The number of carbonyl (C=O) groups excluding carboxylic acids is 1. The number of halogens is 3. The van der Waals surface area contributed by atoms with Gasteiger partial charge in [0, 0.05) is 57.4 Å². The molecular weight excluding hydrogens is 509 g/mol. The summed E-state index contributed by atoms with van der Waals surface area (Å²) < 4.78 is 48.8. The first-order valence-corrected chi connectivity index (χ1v) is 12.9. The van der Waals surface area contributed by atoms with Gasteiger partial charge in [-0.1, -0.05) is 12.1 Å². The van der Waals surface area contributed by atoms with Crippen molar-refractivity contribution >= 4 is 17.3 Å². The molecule has 0 spiro atoms.